The second-order valence-corrected chi connectivity index (χ2v) is 6.17. The summed E-state index contributed by atoms with van der Waals surface area (Å²) in [6, 6.07) is 8.28. The Morgan fingerprint density at radius 1 is 1.29 bits per heavy atom. The SMILES string of the molecule is CCCC1(C(=O)N(CC)c2cccc(C)c2)CCNCC1. The van der Waals surface area contributed by atoms with Crippen LogP contribution in [0.15, 0.2) is 24.3 Å². The molecular formula is C18H28N2O. The van der Waals surface area contributed by atoms with E-state index in [1.54, 1.807) is 0 Å². The Morgan fingerprint density at radius 2 is 2.00 bits per heavy atom. The fourth-order valence-electron chi connectivity index (χ4n) is 3.48. The summed E-state index contributed by atoms with van der Waals surface area (Å²) in [5.74, 6) is 0.318. The molecule has 1 aromatic carbocycles. The summed E-state index contributed by atoms with van der Waals surface area (Å²) < 4.78 is 0. The van der Waals surface area contributed by atoms with Crippen molar-refractivity contribution < 1.29 is 4.79 Å². The molecule has 0 aliphatic carbocycles. The van der Waals surface area contributed by atoms with Gasteiger partial charge < -0.3 is 10.2 Å². The molecule has 1 aromatic rings. The van der Waals surface area contributed by atoms with Crippen LogP contribution in [0.5, 0.6) is 0 Å². The molecule has 0 unspecified atom stereocenters. The van der Waals surface area contributed by atoms with Crippen molar-refractivity contribution in [3.8, 4) is 0 Å². The van der Waals surface area contributed by atoms with Crippen LogP contribution in [-0.2, 0) is 4.79 Å². The van der Waals surface area contributed by atoms with Gasteiger partial charge in [0.1, 0.15) is 0 Å². The standard InChI is InChI=1S/C18H28N2O/c1-4-9-18(10-12-19-13-11-18)17(21)20(5-2)16-8-6-7-15(3)14-16/h6-8,14,19H,4-5,9-13H2,1-3H3. The molecule has 1 N–H and O–H groups in total. The summed E-state index contributed by atoms with van der Waals surface area (Å²) in [5, 5.41) is 3.39. The quantitative estimate of drug-likeness (QED) is 0.899. The minimum Gasteiger partial charge on any atom is -0.317 e. The van der Waals surface area contributed by atoms with Gasteiger partial charge in [0.15, 0.2) is 0 Å². The summed E-state index contributed by atoms with van der Waals surface area (Å²) in [6.07, 6.45) is 3.98. The number of carbonyl (C=O) groups is 1. The summed E-state index contributed by atoms with van der Waals surface area (Å²) >= 11 is 0. The van der Waals surface area contributed by atoms with Crippen molar-refractivity contribution in [1.29, 1.82) is 0 Å². The monoisotopic (exact) mass is 288 g/mol. The van der Waals surface area contributed by atoms with E-state index in [-0.39, 0.29) is 5.41 Å². The van der Waals surface area contributed by atoms with E-state index in [4.69, 9.17) is 0 Å². The van der Waals surface area contributed by atoms with Gasteiger partial charge in [-0.2, -0.15) is 0 Å². The number of anilines is 1. The number of rotatable bonds is 5. The Morgan fingerprint density at radius 3 is 2.57 bits per heavy atom. The van der Waals surface area contributed by atoms with E-state index < -0.39 is 0 Å². The van der Waals surface area contributed by atoms with Gasteiger partial charge in [-0.05, 0) is 63.9 Å². The highest BCUT2D eigenvalue weighted by molar-refractivity contribution is 5.97. The smallest absolute Gasteiger partial charge is 0.233 e. The highest BCUT2D eigenvalue weighted by Gasteiger charge is 2.41. The fourth-order valence-corrected chi connectivity index (χ4v) is 3.48. The first-order valence-corrected chi connectivity index (χ1v) is 8.22. The minimum atomic E-state index is -0.167. The van der Waals surface area contributed by atoms with Crippen LogP contribution in [0.4, 0.5) is 5.69 Å². The van der Waals surface area contributed by atoms with Crippen LogP contribution >= 0.6 is 0 Å². The minimum absolute atomic E-state index is 0.167. The Labute approximate surface area is 128 Å². The molecule has 1 saturated heterocycles. The third-order valence-electron chi connectivity index (χ3n) is 4.62. The van der Waals surface area contributed by atoms with Crippen molar-refractivity contribution in [3.63, 3.8) is 0 Å². The normalized spacial score (nSPS) is 17.5. The average molecular weight is 288 g/mol. The zero-order chi connectivity index (χ0) is 15.3. The molecule has 1 fully saturated rings. The number of hydrogen-bond acceptors (Lipinski definition) is 2. The molecule has 0 spiro atoms. The molecule has 0 atom stereocenters. The fraction of sp³-hybridized carbons (Fsp3) is 0.611. The van der Waals surface area contributed by atoms with Crippen molar-refractivity contribution in [2.45, 2.75) is 46.5 Å². The number of piperidine rings is 1. The molecule has 21 heavy (non-hydrogen) atoms. The van der Waals surface area contributed by atoms with Gasteiger partial charge in [0, 0.05) is 12.2 Å². The number of aryl methyl sites for hydroxylation is 1. The Hall–Kier alpha value is -1.35. The van der Waals surface area contributed by atoms with Crippen LogP contribution < -0.4 is 10.2 Å². The molecular weight excluding hydrogens is 260 g/mol. The maximum atomic E-state index is 13.3. The number of nitrogens with one attached hydrogen (secondary N) is 1. The highest BCUT2D eigenvalue weighted by atomic mass is 16.2. The summed E-state index contributed by atoms with van der Waals surface area (Å²) in [6.45, 7) is 8.98. The van der Waals surface area contributed by atoms with Gasteiger partial charge in [-0.15, -0.1) is 0 Å². The molecule has 1 amide bonds. The van der Waals surface area contributed by atoms with Crippen molar-refractivity contribution in [3.05, 3.63) is 29.8 Å². The van der Waals surface area contributed by atoms with E-state index in [1.165, 1.54) is 5.56 Å². The van der Waals surface area contributed by atoms with Crippen LogP contribution in [0.25, 0.3) is 0 Å². The molecule has 1 aliphatic heterocycles. The van der Waals surface area contributed by atoms with Gasteiger partial charge in [0.2, 0.25) is 5.91 Å². The van der Waals surface area contributed by atoms with E-state index in [2.05, 4.69) is 44.3 Å². The molecule has 0 saturated carbocycles. The van der Waals surface area contributed by atoms with Crippen molar-refractivity contribution in [1.82, 2.24) is 5.32 Å². The highest BCUT2D eigenvalue weighted by Crippen LogP contribution is 2.37. The van der Waals surface area contributed by atoms with Crippen LogP contribution in [0.3, 0.4) is 0 Å². The third-order valence-corrected chi connectivity index (χ3v) is 4.62. The van der Waals surface area contributed by atoms with Crippen LogP contribution in [-0.4, -0.2) is 25.5 Å². The van der Waals surface area contributed by atoms with Gasteiger partial charge in [-0.3, -0.25) is 4.79 Å². The van der Waals surface area contributed by atoms with E-state index in [0.717, 1.165) is 51.0 Å². The lowest BCUT2D eigenvalue weighted by Crippen LogP contribution is -2.49. The summed E-state index contributed by atoms with van der Waals surface area (Å²) in [7, 11) is 0. The molecule has 3 nitrogen and oxygen atoms in total. The van der Waals surface area contributed by atoms with Crippen molar-refractivity contribution >= 4 is 11.6 Å². The third kappa shape index (κ3) is 3.46. The van der Waals surface area contributed by atoms with Crippen molar-refractivity contribution in [2.24, 2.45) is 5.41 Å². The zero-order valence-corrected chi connectivity index (χ0v) is 13.6. The predicted octanol–water partition coefficient (Wildman–Crippen LogP) is 3.52. The lowest BCUT2D eigenvalue weighted by Gasteiger charge is -2.40. The second-order valence-electron chi connectivity index (χ2n) is 6.17. The van der Waals surface area contributed by atoms with Crippen LogP contribution in [0.2, 0.25) is 0 Å². The number of carbonyl (C=O) groups excluding carboxylic acids is 1. The largest absolute Gasteiger partial charge is 0.317 e. The van der Waals surface area contributed by atoms with Gasteiger partial charge in [0.05, 0.1) is 5.41 Å². The first-order valence-electron chi connectivity index (χ1n) is 8.22. The Balaban J connectivity index is 2.29. The molecule has 2 rings (SSSR count). The number of nitrogens with zero attached hydrogens (tertiary/aromatic N) is 1. The van der Waals surface area contributed by atoms with Gasteiger partial charge in [-0.25, -0.2) is 0 Å². The van der Waals surface area contributed by atoms with Gasteiger partial charge in [-0.1, -0.05) is 25.5 Å². The van der Waals surface area contributed by atoms with Crippen LogP contribution in [0, 0.1) is 12.3 Å². The average Bonchev–Trinajstić information content (AvgIpc) is 2.49. The first-order chi connectivity index (χ1) is 10.1. The summed E-state index contributed by atoms with van der Waals surface area (Å²) in [4.78, 5) is 15.2. The van der Waals surface area contributed by atoms with Crippen LogP contribution in [0.1, 0.15) is 45.1 Å². The molecule has 0 aromatic heterocycles. The lowest BCUT2D eigenvalue weighted by molar-refractivity contribution is -0.130. The molecule has 0 bridgehead atoms. The second kappa shape index (κ2) is 7.08. The number of hydrogen-bond donors (Lipinski definition) is 1. The van der Waals surface area contributed by atoms with E-state index in [0.29, 0.717) is 5.91 Å². The van der Waals surface area contributed by atoms with Gasteiger partial charge in [0.25, 0.3) is 0 Å². The van der Waals surface area contributed by atoms with Gasteiger partial charge >= 0.3 is 0 Å². The Bertz CT molecular complexity index is 472. The van der Waals surface area contributed by atoms with E-state index >= 15 is 0 Å². The molecule has 1 heterocycles. The summed E-state index contributed by atoms with van der Waals surface area (Å²) in [5.41, 5.74) is 2.07. The molecule has 1 aliphatic rings. The number of amides is 1. The topological polar surface area (TPSA) is 32.3 Å². The maximum Gasteiger partial charge on any atom is 0.233 e. The predicted molar refractivity (Wildman–Crippen MR) is 88.7 cm³/mol. The number of benzene rings is 1. The molecule has 3 heteroatoms. The van der Waals surface area contributed by atoms with Crippen molar-refractivity contribution in [2.75, 3.05) is 24.5 Å². The zero-order valence-electron chi connectivity index (χ0n) is 13.6. The molecule has 116 valence electrons. The Kier molecular flexibility index (Phi) is 5.40. The lowest BCUT2D eigenvalue weighted by atomic mass is 9.74. The van der Waals surface area contributed by atoms with E-state index in [9.17, 15) is 4.79 Å². The molecule has 0 radical (unpaired) electrons. The first kappa shape index (κ1) is 16.0. The maximum absolute atomic E-state index is 13.3. The van der Waals surface area contributed by atoms with E-state index in [1.807, 2.05) is 11.0 Å².